The monoisotopic (exact) mass is 424 g/mol. The minimum Gasteiger partial charge on any atom is -0.439 e. The highest BCUT2D eigenvalue weighted by atomic mass is 32.1. The van der Waals surface area contributed by atoms with Crippen molar-refractivity contribution in [3.8, 4) is 23.3 Å². The van der Waals surface area contributed by atoms with E-state index in [-0.39, 0.29) is 23.3 Å². The molecule has 3 aromatic rings. The number of benzene rings is 1. The molecule has 0 unspecified atom stereocenters. The predicted molar refractivity (Wildman–Crippen MR) is 82.9 cm³/mol. The summed E-state index contributed by atoms with van der Waals surface area (Å²) in [6, 6.07) is 3.82. The largest absolute Gasteiger partial charge is 0.439 e. The molecule has 0 saturated carbocycles. The average Bonchev–Trinajstić information content (AvgIpc) is 3.05. The Morgan fingerprint density at radius 2 is 1.43 bits per heavy atom. The number of alkyl halides is 6. The summed E-state index contributed by atoms with van der Waals surface area (Å²) in [5, 5.41) is 1.11. The molecule has 2 aromatic heterocycles. The molecule has 0 N–H and O–H groups in total. The van der Waals surface area contributed by atoms with Gasteiger partial charge in [-0.05, 0) is 18.2 Å². The van der Waals surface area contributed by atoms with Crippen molar-refractivity contribution in [2.75, 3.05) is 0 Å². The highest BCUT2D eigenvalue weighted by Crippen LogP contribution is 2.38. The summed E-state index contributed by atoms with van der Waals surface area (Å²) in [7, 11) is 0. The standard InChI is InChI=1S/C16H7F7N2O2S/c17-11-2-1-8(3-10(11)15(18,19)20)26-13-5-14(25-7-24-13)27-9-4-12(28-6-9)16(21,22)23/h1-7H. The van der Waals surface area contributed by atoms with Gasteiger partial charge in [-0.2, -0.15) is 26.3 Å². The summed E-state index contributed by atoms with van der Waals surface area (Å²) in [5.74, 6) is -2.41. The Labute approximate surface area is 156 Å². The Morgan fingerprint density at radius 1 is 0.786 bits per heavy atom. The molecular weight excluding hydrogens is 417 g/mol. The van der Waals surface area contributed by atoms with Crippen molar-refractivity contribution in [2.45, 2.75) is 12.4 Å². The maximum atomic E-state index is 13.3. The smallest absolute Gasteiger partial charge is 0.425 e. The maximum Gasteiger partial charge on any atom is 0.425 e. The predicted octanol–water partition coefficient (Wildman–Crippen LogP) is 6.30. The van der Waals surface area contributed by atoms with Crippen molar-refractivity contribution in [2.24, 2.45) is 0 Å². The van der Waals surface area contributed by atoms with Gasteiger partial charge in [-0.3, -0.25) is 0 Å². The van der Waals surface area contributed by atoms with Crippen LogP contribution in [0.3, 0.4) is 0 Å². The summed E-state index contributed by atoms with van der Waals surface area (Å²) >= 11 is 0.421. The first-order valence-corrected chi connectivity index (χ1v) is 8.10. The molecule has 3 rings (SSSR count). The van der Waals surface area contributed by atoms with Crippen LogP contribution in [-0.4, -0.2) is 9.97 Å². The first-order chi connectivity index (χ1) is 13.0. The van der Waals surface area contributed by atoms with Gasteiger partial charge in [0.15, 0.2) is 0 Å². The Balaban J connectivity index is 1.78. The van der Waals surface area contributed by atoms with Gasteiger partial charge in [-0.1, -0.05) is 0 Å². The van der Waals surface area contributed by atoms with Gasteiger partial charge >= 0.3 is 12.4 Å². The third-order valence-electron chi connectivity index (χ3n) is 3.16. The van der Waals surface area contributed by atoms with E-state index < -0.39 is 28.6 Å². The fourth-order valence-electron chi connectivity index (χ4n) is 1.98. The van der Waals surface area contributed by atoms with Crippen LogP contribution in [0.1, 0.15) is 10.4 Å². The molecule has 148 valence electrons. The lowest BCUT2D eigenvalue weighted by molar-refractivity contribution is -0.140. The molecule has 0 aliphatic rings. The number of nitrogens with zero attached hydrogens (tertiary/aromatic N) is 2. The quantitative estimate of drug-likeness (QED) is 0.461. The summed E-state index contributed by atoms with van der Waals surface area (Å²) in [6.45, 7) is 0. The van der Waals surface area contributed by atoms with Crippen LogP contribution in [0.15, 0.2) is 42.0 Å². The van der Waals surface area contributed by atoms with E-state index in [0.29, 0.717) is 23.5 Å². The van der Waals surface area contributed by atoms with Gasteiger partial charge in [0.25, 0.3) is 0 Å². The SMILES string of the molecule is Fc1ccc(Oc2cc(Oc3csc(C(F)(F)F)c3)ncn2)cc1C(F)(F)F. The highest BCUT2D eigenvalue weighted by molar-refractivity contribution is 7.10. The van der Waals surface area contributed by atoms with Crippen LogP contribution in [-0.2, 0) is 12.4 Å². The Kier molecular flexibility index (Phi) is 5.15. The van der Waals surface area contributed by atoms with Gasteiger partial charge < -0.3 is 9.47 Å². The lowest BCUT2D eigenvalue weighted by Gasteiger charge is -2.11. The molecule has 12 heteroatoms. The van der Waals surface area contributed by atoms with Crippen LogP contribution in [0, 0.1) is 5.82 Å². The van der Waals surface area contributed by atoms with Crippen molar-refractivity contribution in [1.29, 1.82) is 0 Å². The number of halogens is 7. The zero-order valence-electron chi connectivity index (χ0n) is 13.3. The first kappa shape index (κ1) is 19.9. The lowest BCUT2D eigenvalue weighted by Crippen LogP contribution is -2.08. The van der Waals surface area contributed by atoms with E-state index in [9.17, 15) is 30.7 Å². The second kappa shape index (κ2) is 7.26. The number of hydrogen-bond donors (Lipinski definition) is 0. The molecule has 1 aromatic carbocycles. The minimum atomic E-state index is -4.92. The third kappa shape index (κ3) is 4.68. The van der Waals surface area contributed by atoms with E-state index in [2.05, 4.69) is 9.97 Å². The zero-order valence-corrected chi connectivity index (χ0v) is 14.1. The summed E-state index contributed by atoms with van der Waals surface area (Å²) < 4.78 is 99.6. The molecule has 0 saturated heterocycles. The van der Waals surface area contributed by atoms with Crippen molar-refractivity contribution < 1.29 is 40.2 Å². The van der Waals surface area contributed by atoms with Crippen molar-refractivity contribution >= 4 is 11.3 Å². The van der Waals surface area contributed by atoms with Crippen LogP contribution >= 0.6 is 11.3 Å². The van der Waals surface area contributed by atoms with Crippen molar-refractivity contribution in [3.63, 3.8) is 0 Å². The molecule has 28 heavy (non-hydrogen) atoms. The van der Waals surface area contributed by atoms with Gasteiger partial charge in [0, 0.05) is 11.4 Å². The van der Waals surface area contributed by atoms with Gasteiger partial charge in [0.1, 0.15) is 28.5 Å². The molecule has 0 fully saturated rings. The molecule has 0 spiro atoms. The highest BCUT2D eigenvalue weighted by Gasteiger charge is 2.34. The van der Waals surface area contributed by atoms with Crippen LogP contribution < -0.4 is 9.47 Å². The van der Waals surface area contributed by atoms with Crippen LogP contribution in [0.5, 0.6) is 23.3 Å². The van der Waals surface area contributed by atoms with Gasteiger partial charge in [0.2, 0.25) is 11.8 Å². The van der Waals surface area contributed by atoms with E-state index in [0.717, 1.165) is 29.9 Å². The second-order valence-corrected chi connectivity index (χ2v) is 6.09. The summed E-state index contributed by atoms with van der Waals surface area (Å²) in [5.41, 5.74) is -1.52. The summed E-state index contributed by atoms with van der Waals surface area (Å²) in [6.07, 6.45) is -8.50. The number of hydrogen-bond acceptors (Lipinski definition) is 5. The summed E-state index contributed by atoms with van der Waals surface area (Å²) in [4.78, 5) is 6.48. The minimum absolute atomic E-state index is 0.136. The van der Waals surface area contributed by atoms with E-state index in [1.165, 1.54) is 0 Å². The van der Waals surface area contributed by atoms with Crippen LogP contribution in [0.4, 0.5) is 30.7 Å². The van der Waals surface area contributed by atoms with Crippen molar-refractivity contribution in [1.82, 2.24) is 9.97 Å². The molecule has 2 heterocycles. The molecule has 0 amide bonds. The molecule has 0 bridgehead atoms. The van der Waals surface area contributed by atoms with Crippen LogP contribution in [0.2, 0.25) is 0 Å². The molecule has 4 nitrogen and oxygen atoms in total. The fourth-order valence-corrected chi connectivity index (χ4v) is 2.66. The lowest BCUT2D eigenvalue weighted by atomic mass is 10.2. The Morgan fingerprint density at radius 3 is 2.00 bits per heavy atom. The maximum absolute atomic E-state index is 13.3. The third-order valence-corrected chi connectivity index (χ3v) is 4.11. The number of rotatable bonds is 4. The Bertz CT molecular complexity index is 986. The van der Waals surface area contributed by atoms with E-state index in [4.69, 9.17) is 9.47 Å². The van der Waals surface area contributed by atoms with Crippen molar-refractivity contribution in [3.05, 3.63) is 58.3 Å². The molecule has 0 radical (unpaired) electrons. The molecule has 0 aliphatic carbocycles. The number of thiophene rings is 1. The van der Waals surface area contributed by atoms with Gasteiger partial charge in [0.05, 0.1) is 11.6 Å². The molecule has 0 aliphatic heterocycles. The fraction of sp³-hybridized carbons (Fsp3) is 0.125. The average molecular weight is 424 g/mol. The second-order valence-electron chi connectivity index (χ2n) is 5.18. The van der Waals surface area contributed by atoms with E-state index in [1.807, 2.05) is 0 Å². The molecular formula is C16H7F7N2O2S. The normalized spacial score (nSPS) is 12.1. The van der Waals surface area contributed by atoms with Crippen LogP contribution in [0.25, 0.3) is 0 Å². The number of aromatic nitrogens is 2. The van der Waals surface area contributed by atoms with Gasteiger partial charge in [-0.15, -0.1) is 11.3 Å². The topological polar surface area (TPSA) is 44.2 Å². The van der Waals surface area contributed by atoms with E-state index >= 15 is 0 Å². The Hall–Kier alpha value is -2.89. The first-order valence-electron chi connectivity index (χ1n) is 7.22. The van der Waals surface area contributed by atoms with Gasteiger partial charge in [-0.25, -0.2) is 14.4 Å². The number of ether oxygens (including phenoxy) is 2. The van der Waals surface area contributed by atoms with E-state index in [1.54, 1.807) is 0 Å². The zero-order chi connectivity index (χ0) is 20.5. The molecule has 0 atom stereocenters.